The minimum Gasteiger partial charge on any atom is -0.353 e. The monoisotopic (exact) mass is 272 g/mol. The van der Waals surface area contributed by atoms with Gasteiger partial charge in [0.15, 0.2) is 0 Å². The van der Waals surface area contributed by atoms with Crippen molar-refractivity contribution >= 4 is 11.8 Å². The summed E-state index contributed by atoms with van der Waals surface area (Å²) < 4.78 is 0. The molecule has 1 aromatic carbocycles. The van der Waals surface area contributed by atoms with Crippen molar-refractivity contribution in [1.82, 2.24) is 10.2 Å². The summed E-state index contributed by atoms with van der Waals surface area (Å²) in [6, 6.07) is 10.5. The molecule has 1 aromatic rings. The number of nitrogens with zero attached hydrogens (tertiary/aromatic N) is 1. The maximum atomic E-state index is 12.0. The van der Waals surface area contributed by atoms with Gasteiger partial charge in [-0.2, -0.15) is 0 Å². The number of likely N-dealkylation sites (tertiary alicyclic amines) is 1. The zero-order chi connectivity index (χ0) is 13.9. The molecule has 0 spiro atoms. The fourth-order valence-electron chi connectivity index (χ4n) is 2.62. The van der Waals surface area contributed by atoms with Crippen molar-refractivity contribution in [1.29, 1.82) is 0 Å². The minimum atomic E-state index is -0.154. The summed E-state index contributed by atoms with van der Waals surface area (Å²) in [5.74, 6) is 0.0128. The van der Waals surface area contributed by atoms with Gasteiger partial charge in [-0.1, -0.05) is 30.3 Å². The van der Waals surface area contributed by atoms with Crippen molar-refractivity contribution in [3.8, 4) is 0 Å². The molecule has 1 saturated heterocycles. The Hall–Kier alpha value is -1.84. The Morgan fingerprint density at radius 1 is 1.25 bits per heavy atom. The van der Waals surface area contributed by atoms with Gasteiger partial charge in [0.05, 0.1) is 5.92 Å². The van der Waals surface area contributed by atoms with E-state index in [-0.39, 0.29) is 17.7 Å². The van der Waals surface area contributed by atoms with Crippen LogP contribution < -0.4 is 5.32 Å². The van der Waals surface area contributed by atoms with Crippen molar-refractivity contribution in [2.24, 2.45) is 5.92 Å². The smallest absolute Gasteiger partial charge is 0.225 e. The summed E-state index contributed by atoms with van der Waals surface area (Å²) in [5, 5.41) is 2.99. The SMILES string of the molecule is O=C(NC1CC1)[C@H]1CC(=O)N(CCc2ccccc2)C1. The summed E-state index contributed by atoms with van der Waals surface area (Å²) >= 11 is 0. The van der Waals surface area contributed by atoms with Gasteiger partial charge in [-0.25, -0.2) is 0 Å². The molecule has 0 radical (unpaired) electrons. The van der Waals surface area contributed by atoms with Crippen molar-refractivity contribution in [3.63, 3.8) is 0 Å². The topological polar surface area (TPSA) is 49.4 Å². The Bertz CT molecular complexity index is 496. The normalized spacial score (nSPS) is 22.1. The molecule has 1 heterocycles. The summed E-state index contributed by atoms with van der Waals surface area (Å²) in [7, 11) is 0. The van der Waals surface area contributed by atoms with Crippen molar-refractivity contribution in [2.45, 2.75) is 31.7 Å². The van der Waals surface area contributed by atoms with Gasteiger partial charge >= 0.3 is 0 Å². The molecule has 3 rings (SSSR count). The first-order valence-corrected chi connectivity index (χ1v) is 7.34. The van der Waals surface area contributed by atoms with Gasteiger partial charge in [0, 0.05) is 25.6 Å². The van der Waals surface area contributed by atoms with Crippen LogP contribution in [0.25, 0.3) is 0 Å². The third-order valence-corrected chi connectivity index (χ3v) is 4.02. The number of carbonyl (C=O) groups is 2. The Labute approximate surface area is 119 Å². The first-order chi connectivity index (χ1) is 9.72. The van der Waals surface area contributed by atoms with E-state index in [2.05, 4.69) is 17.4 Å². The Morgan fingerprint density at radius 3 is 2.70 bits per heavy atom. The van der Waals surface area contributed by atoms with E-state index in [1.165, 1.54) is 5.56 Å². The van der Waals surface area contributed by atoms with Crippen molar-refractivity contribution in [2.75, 3.05) is 13.1 Å². The van der Waals surface area contributed by atoms with E-state index in [9.17, 15) is 9.59 Å². The Morgan fingerprint density at radius 2 is 2.00 bits per heavy atom. The first-order valence-electron chi connectivity index (χ1n) is 7.34. The van der Waals surface area contributed by atoms with Crippen LogP contribution in [0.3, 0.4) is 0 Å². The van der Waals surface area contributed by atoms with E-state index in [4.69, 9.17) is 0 Å². The molecule has 1 atom stereocenters. The second kappa shape index (κ2) is 5.65. The van der Waals surface area contributed by atoms with Crippen molar-refractivity contribution < 1.29 is 9.59 Å². The van der Waals surface area contributed by atoms with E-state index in [0.29, 0.717) is 25.6 Å². The lowest BCUT2D eigenvalue weighted by molar-refractivity contribution is -0.129. The lowest BCUT2D eigenvalue weighted by Gasteiger charge is -2.16. The fraction of sp³-hybridized carbons (Fsp3) is 0.500. The molecular formula is C16H20N2O2. The van der Waals surface area contributed by atoms with Crippen LogP contribution in [0.1, 0.15) is 24.8 Å². The zero-order valence-electron chi connectivity index (χ0n) is 11.5. The highest BCUT2D eigenvalue weighted by Crippen LogP contribution is 2.23. The lowest BCUT2D eigenvalue weighted by Crippen LogP contribution is -2.34. The van der Waals surface area contributed by atoms with Crippen LogP contribution >= 0.6 is 0 Å². The number of rotatable bonds is 5. The van der Waals surface area contributed by atoms with E-state index < -0.39 is 0 Å². The second-order valence-corrected chi connectivity index (χ2v) is 5.76. The van der Waals surface area contributed by atoms with Crippen LogP contribution in [0.5, 0.6) is 0 Å². The van der Waals surface area contributed by atoms with Crippen LogP contribution in [0.15, 0.2) is 30.3 Å². The molecule has 2 aliphatic rings. The number of amides is 2. The molecule has 1 N–H and O–H groups in total. The molecule has 0 bridgehead atoms. The highest BCUT2D eigenvalue weighted by molar-refractivity contribution is 5.89. The maximum Gasteiger partial charge on any atom is 0.225 e. The van der Waals surface area contributed by atoms with Crippen LogP contribution in [0, 0.1) is 5.92 Å². The number of carbonyl (C=O) groups excluding carboxylic acids is 2. The second-order valence-electron chi connectivity index (χ2n) is 5.76. The van der Waals surface area contributed by atoms with Crippen LogP contribution in [0.2, 0.25) is 0 Å². The van der Waals surface area contributed by atoms with E-state index in [1.54, 1.807) is 0 Å². The lowest BCUT2D eigenvalue weighted by atomic mass is 10.1. The molecule has 0 aromatic heterocycles. The molecule has 4 nitrogen and oxygen atoms in total. The van der Waals surface area contributed by atoms with Gasteiger partial charge in [-0.05, 0) is 24.8 Å². The molecule has 2 amide bonds. The molecule has 20 heavy (non-hydrogen) atoms. The van der Waals surface area contributed by atoms with E-state index in [1.807, 2.05) is 23.1 Å². The molecule has 4 heteroatoms. The summed E-state index contributed by atoms with van der Waals surface area (Å²) in [6.45, 7) is 1.28. The van der Waals surface area contributed by atoms with Gasteiger partial charge in [0.1, 0.15) is 0 Å². The highest BCUT2D eigenvalue weighted by Gasteiger charge is 2.36. The Balaban J connectivity index is 1.50. The number of benzene rings is 1. The van der Waals surface area contributed by atoms with Crippen LogP contribution in [-0.4, -0.2) is 35.8 Å². The molecule has 106 valence electrons. The van der Waals surface area contributed by atoms with E-state index >= 15 is 0 Å². The number of hydrogen-bond donors (Lipinski definition) is 1. The summed E-state index contributed by atoms with van der Waals surface area (Å²) in [4.78, 5) is 25.8. The molecular weight excluding hydrogens is 252 g/mol. The fourth-order valence-corrected chi connectivity index (χ4v) is 2.62. The van der Waals surface area contributed by atoms with Crippen LogP contribution in [0.4, 0.5) is 0 Å². The van der Waals surface area contributed by atoms with Crippen LogP contribution in [-0.2, 0) is 16.0 Å². The van der Waals surface area contributed by atoms with Gasteiger partial charge in [0.2, 0.25) is 11.8 Å². The molecule has 2 fully saturated rings. The third-order valence-electron chi connectivity index (χ3n) is 4.02. The quantitative estimate of drug-likeness (QED) is 0.880. The number of hydrogen-bond acceptors (Lipinski definition) is 2. The molecule has 0 unspecified atom stereocenters. The molecule has 1 aliphatic heterocycles. The average Bonchev–Trinajstić information content (AvgIpc) is 3.19. The zero-order valence-corrected chi connectivity index (χ0v) is 11.5. The highest BCUT2D eigenvalue weighted by atomic mass is 16.2. The summed E-state index contributed by atoms with van der Waals surface area (Å²) in [5.41, 5.74) is 1.23. The van der Waals surface area contributed by atoms with Gasteiger partial charge in [-0.15, -0.1) is 0 Å². The largest absolute Gasteiger partial charge is 0.353 e. The third kappa shape index (κ3) is 3.18. The first kappa shape index (κ1) is 13.2. The van der Waals surface area contributed by atoms with Gasteiger partial charge in [0.25, 0.3) is 0 Å². The minimum absolute atomic E-state index is 0.0584. The predicted octanol–water partition coefficient (Wildman–Crippen LogP) is 1.36. The Kier molecular flexibility index (Phi) is 3.72. The van der Waals surface area contributed by atoms with E-state index in [0.717, 1.165) is 19.3 Å². The summed E-state index contributed by atoms with van der Waals surface area (Å²) in [6.07, 6.45) is 3.39. The molecule has 1 saturated carbocycles. The standard InChI is InChI=1S/C16H20N2O2/c19-15-10-13(16(20)17-14-6-7-14)11-18(15)9-8-12-4-2-1-3-5-12/h1-5,13-14H,6-11H2,(H,17,20)/t13-/m0/s1. The predicted molar refractivity (Wildman–Crippen MR) is 76.0 cm³/mol. The maximum absolute atomic E-state index is 12.0. The average molecular weight is 272 g/mol. The van der Waals surface area contributed by atoms with Gasteiger partial charge in [-0.3, -0.25) is 9.59 Å². The van der Waals surface area contributed by atoms with Gasteiger partial charge < -0.3 is 10.2 Å². The number of nitrogens with one attached hydrogen (secondary N) is 1. The molecule has 1 aliphatic carbocycles. The van der Waals surface area contributed by atoms with Crippen molar-refractivity contribution in [3.05, 3.63) is 35.9 Å².